The van der Waals surface area contributed by atoms with Gasteiger partial charge in [0.2, 0.25) is 0 Å². The summed E-state index contributed by atoms with van der Waals surface area (Å²) in [6, 6.07) is 12.9. The molecule has 20 heavy (non-hydrogen) atoms. The number of hydrogen-bond acceptors (Lipinski definition) is 4. The van der Waals surface area contributed by atoms with Crippen LogP contribution in [0, 0.1) is 16.2 Å². The zero-order valence-corrected chi connectivity index (χ0v) is 11.3. The zero-order chi connectivity index (χ0) is 14.5. The van der Waals surface area contributed by atoms with Crippen molar-refractivity contribution in [3.63, 3.8) is 0 Å². The number of rotatable bonds is 5. The quantitative estimate of drug-likeness (QED) is 0.620. The van der Waals surface area contributed by atoms with Crippen LogP contribution in [0.25, 0.3) is 0 Å². The number of nitro benzene ring substituents is 1. The molecule has 2 aromatic rings. The molecule has 0 aliphatic heterocycles. The largest absolute Gasteiger partial charge is 0.496 e. The molecule has 0 aliphatic carbocycles. The Labute approximate surface area is 116 Å². The third-order valence-electron chi connectivity index (χ3n) is 3.02. The summed E-state index contributed by atoms with van der Waals surface area (Å²) >= 11 is 0. The van der Waals surface area contributed by atoms with Crippen LogP contribution in [0.5, 0.6) is 11.5 Å². The number of nitro groups is 1. The lowest BCUT2D eigenvalue weighted by Crippen LogP contribution is -2.00. The molecule has 0 unspecified atom stereocenters. The smallest absolute Gasteiger partial charge is 0.273 e. The summed E-state index contributed by atoms with van der Waals surface area (Å²) in [7, 11) is 3.12. The predicted octanol–water partition coefficient (Wildman–Crippen LogP) is 3.00. The average molecular weight is 272 g/mol. The van der Waals surface area contributed by atoms with E-state index >= 15 is 0 Å². The minimum atomic E-state index is -0.409. The van der Waals surface area contributed by atoms with Crippen molar-refractivity contribution in [2.24, 2.45) is 0 Å². The highest BCUT2D eigenvalue weighted by Gasteiger charge is 2.17. The first-order valence-corrected chi connectivity index (χ1v) is 6.00. The van der Waals surface area contributed by atoms with E-state index in [1.807, 2.05) is 6.07 Å². The number of ether oxygens (including phenoxy) is 2. The molecule has 1 radical (unpaired) electrons. The molecule has 0 saturated carbocycles. The predicted molar refractivity (Wildman–Crippen MR) is 74.3 cm³/mol. The molecule has 0 atom stereocenters. The Morgan fingerprint density at radius 3 is 2.40 bits per heavy atom. The average Bonchev–Trinajstić information content (AvgIpc) is 2.47. The normalized spacial score (nSPS) is 10.1. The van der Waals surface area contributed by atoms with Crippen LogP contribution in [0.15, 0.2) is 36.4 Å². The van der Waals surface area contributed by atoms with Gasteiger partial charge in [-0.15, -0.1) is 0 Å². The fraction of sp³-hybridized carbons (Fsp3) is 0.200. The monoisotopic (exact) mass is 272 g/mol. The van der Waals surface area contributed by atoms with E-state index in [0.717, 1.165) is 5.56 Å². The lowest BCUT2D eigenvalue weighted by atomic mass is 10.0. The van der Waals surface area contributed by atoms with Gasteiger partial charge in [0.15, 0.2) is 0 Å². The summed E-state index contributed by atoms with van der Waals surface area (Å²) < 4.78 is 10.6. The number of hydrogen-bond donors (Lipinski definition) is 0. The molecule has 103 valence electrons. The van der Waals surface area contributed by atoms with E-state index in [4.69, 9.17) is 9.47 Å². The molecule has 0 aromatic heterocycles. The van der Waals surface area contributed by atoms with E-state index in [-0.39, 0.29) is 5.69 Å². The summed E-state index contributed by atoms with van der Waals surface area (Å²) in [6.07, 6.45) is 0.359. The Kier molecular flexibility index (Phi) is 4.20. The van der Waals surface area contributed by atoms with Crippen LogP contribution in [0.2, 0.25) is 0 Å². The first kappa shape index (κ1) is 13.9. The molecule has 5 heteroatoms. The standard InChI is InChI=1S/C15H14NO4/c1-19-14-8-5-9-15(20-2)12(14)10-11-6-3-4-7-13(11)16(17)18/h3,5-9H,10H2,1-2H3. The van der Waals surface area contributed by atoms with Crippen LogP contribution < -0.4 is 9.47 Å². The fourth-order valence-corrected chi connectivity index (χ4v) is 2.07. The lowest BCUT2D eigenvalue weighted by molar-refractivity contribution is -0.385. The van der Waals surface area contributed by atoms with Gasteiger partial charge in [-0.1, -0.05) is 18.2 Å². The first-order chi connectivity index (χ1) is 9.67. The third-order valence-corrected chi connectivity index (χ3v) is 3.02. The van der Waals surface area contributed by atoms with Crippen LogP contribution in [0.3, 0.4) is 0 Å². The van der Waals surface area contributed by atoms with Gasteiger partial charge in [0, 0.05) is 23.6 Å². The zero-order valence-electron chi connectivity index (χ0n) is 11.3. The minimum Gasteiger partial charge on any atom is -0.496 e. The molecule has 0 N–H and O–H groups in total. The molecule has 0 saturated heterocycles. The van der Waals surface area contributed by atoms with Gasteiger partial charge in [-0.3, -0.25) is 10.1 Å². The summed E-state index contributed by atoms with van der Waals surface area (Å²) in [5.41, 5.74) is 1.42. The summed E-state index contributed by atoms with van der Waals surface area (Å²) in [5.74, 6) is 1.29. The Hall–Kier alpha value is -2.56. The molecule has 0 spiro atoms. The number of benzene rings is 2. The van der Waals surface area contributed by atoms with Gasteiger partial charge in [0.05, 0.1) is 19.1 Å². The summed E-state index contributed by atoms with van der Waals surface area (Å²) in [6.45, 7) is 0. The van der Waals surface area contributed by atoms with Crippen molar-refractivity contribution >= 4 is 5.69 Å². The second kappa shape index (κ2) is 6.06. The van der Waals surface area contributed by atoms with Crippen molar-refractivity contribution in [2.75, 3.05) is 14.2 Å². The Morgan fingerprint density at radius 1 is 1.20 bits per heavy atom. The van der Waals surface area contributed by atoms with Gasteiger partial charge < -0.3 is 9.47 Å². The second-order valence-electron chi connectivity index (χ2n) is 4.13. The van der Waals surface area contributed by atoms with E-state index in [1.54, 1.807) is 38.5 Å². The molecule has 0 fully saturated rings. The van der Waals surface area contributed by atoms with E-state index in [0.29, 0.717) is 23.5 Å². The Bertz CT molecular complexity index is 603. The second-order valence-corrected chi connectivity index (χ2v) is 4.13. The van der Waals surface area contributed by atoms with Crippen molar-refractivity contribution < 1.29 is 14.4 Å². The first-order valence-electron chi connectivity index (χ1n) is 6.00. The molecule has 0 aliphatic rings. The molecular formula is C15H14NO4. The molecular weight excluding hydrogens is 258 g/mol. The van der Waals surface area contributed by atoms with Crippen LogP contribution in [-0.2, 0) is 6.42 Å². The highest BCUT2D eigenvalue weighted by molar-refractivity contribution is 5.51. The molecule has 2 rings (SSSR count). The van der Waals surface area contributed by atoms with Crippen molar-refractivity contribution in [2.45, 2.75) is 6.42 Å². The fourth-order valence-electron chi connectivity index (χ4n) is 2.07. The van der Waals surface area contributed by atoms with Crippen LogP contribution in [-0.4, -0.2) is 19.1 Å². The highest BCUT2D eigenvalue weighted by Crippen LogP contribution is 2.32. The van der Waals surface area contributed by atoms with E-state index < -0.39 is 4.92 Å². The maximum absolute atomic E-state index is 11.0. The molecule has 0 amide bonds. The molecule has 0 heterocycles. The van der Waals surface area contributed by atoms with Crippen molar-refractivity contribution in [3.05, 3.63) is 63.7 Å². The van der Waals surface area contributed by atoms with Crippen LogP contribution in [0.1, 0.15) is 11.1 Å². The maximum Gasteiger partial charge on any atom is 0.273 e. The molecule has 5 nitrogen and oxygen atoms in total. The molecule has 0 bridgehead atoms. The topological polar surface area (TPSA) is 61.6 Å². The van der Waals surface area contributed by atoms with E-state index in [2.05, 4.69) is 6.07 Å². The number of methoxy groups -OCH3 is 2. The SMILES string of the molecule is COc1cccc(OC)c1Cc1cc[c]cc1[N+](=O)[O-]. The Balaban J connectivity index is 2.47. The molecule has 2 aromatic carbocycles. The van der Waals surface area contributed by atoms with Crippen molar-refractivity contribution in [3.8, 4) is 11.5 Å². The Morgan fingerprint density at radius 2 is 1.85 bits per heavy atom. The van der Waals surface area contributed by atoms with Gasteiger partial charge in [0.25, 0.3) is 5.69 Å². The highest BCUT2D eigenvalue weighted by atomic mass is 16.6. The van der Waals surface area contributed by atoms with Gasteiger partial charge in [-0.05, 0) is 18.2 Å². The van der Waals surface area contributed by atoms with Gasteiger partial charge >= 0.3 is 0 Å². The number of nitrogens with zero attached hydrogens (tertiary/aromatic N) is 1. The summed E-state index contributed by atoms with van der Waals surface area (Å²) in [5, 5.41) is 11.0. The van der Waals surface area contributed by atoms with Gasteiger partial charge in [-0.25, -0.2) is 0 Å². The lowest BCUT2D eigenvalue weighted by Gasteiger charge is -2.13. The summed E-state index contributed by atoms with van der Waals surface area (Å²) in [4.78, 5) is 10.6. The third kappa shape index (κ3) is 2.71. The van der Waals surface area contributed by atoms with Crippen LogP contribution in [0.4, 0.5) is 5.69 Å². The maximum atomic E-state index is 11.0. The van der Waals surface area contributed by atoms with Crippen molar-refractivity contribution in [1.29, 1.82) is 0 Å². The van der Waals surface area contributed by atoms with Gasteiger partial charge in [0.1, 0.15) is 11.5 Å². The minimum absolute atomic E-state index is 0.0421. The van der Waals surface area contributed by atoms with E-state index in [1.165, 1.54) is 6.07 Å². The van der Waals surface area contributed by atoms with Crippen LogP contribution >= 0.6 is 0 Å². The van der Waals surface area contributed by atoms with Crippen molar-refractivity contribution in [1.82, 2.24) is 0 Å². The van der Waals surface area contributed by atoms with Gasteiger partial charge in [-0.2, -0.15) is 0 Å². The van der Waals surface area contributed by atoms with E-state index in [9.17, 15) is 10.1 Å².